The third kappa shape index (κ3) is 3.63. The van der Waals surface area contributed by atoms with Gasteiger partial charge < -0.3 is 10.2 Å². The summed E-state index contributed by atoms with van der Waals surface area (Å²) in [7, 11) is 0. The molecule has 0 saturated heterocycles. The Morgan fingerprint density at radius 3 is 2.93 bits per heavy atom. The van der Waals surface area contributed by atoms with E-state index < -0.39 is 0 Å². The number of rotatable bonds is 5. The van der Waals surface area contributed by atoms with Crippen LogP contribution in [-0.4, -0.2) is 28.4 Å². The van der Waals surface area contributed by atoms with Crippen LogP contribution in [0.1, 0.15) is 17.0 Å². The fourth-order valence-electron chi connectivity index (χ4n) is 3.40. The standard InChI is InChI=1S/C20H21N5OS2/c1-12-6-7-14(20-23-13(2)24-28-20)10-16(12)22-11-19(26)25-9-8-15-17(25)4-3-5-18(15)27-21/h3-7,10,22H,8-9,11,21H2,1-2H3. The second kappa shape index (κ2) is 7.90. The van der Waals surface area contributed by atoms with Crippen molar-refractivity contribution in [2.24, 2.45) is 5.14 Å². The highest BCUT2D eigenvalue weighted by atomic mass is 32.2. The molecule has 0 atom stereocenters. The molecule has 1 aromatic heterocycles. The van der Waals surface area contributed by atoms with Crippen LogP contribution in [0.3, 0.4) is 0 Å². The van der Waals surface area contributed by atoms with Crippen LogP contribution in [0.25, 0.3) is 10.6 Å². The first-order valence-electron chi connectivity index (χ1n) is 9.01. The summed E-state index contributed by atoms with van der Waals surface area (Å²) in [6.45, 7) is 4.84. The van der Waals surface area contributed by atoms with Gasteiger partial charge in [-0.3, -0.25) is 9.93 Å². The maximum Gasteiger partial charge on any atom is 0.246 e. The SMILES string of the molecule is Cc1nsc(-c2ccc(C)c(NCC(=O)N3CCc4c(SN)cccc43)c2)n1. The second-order valence-corrected chi connectivity index (χ2v) is 8.12. The molecule has 8 heteroatoms. The van der Waals surface area contributed by atoms with Crippen LogP contribution in [-0.2, 0) is 11.2 Å². The third-order valence-corrected chi connectivity index (χ3v) is 6.35. The normalized spacial score (nSPS) is 12.9. The zero-order valence-electron chi connectivity index (χ0n) is 15.7. The number of carbonyl (C=O) groups is 1. The zero-order chi connectivity index (χ0) is 19.7. The third-order valence-electron chi connectivity index (χ3n) is 4.85. The molecule has 0 fully saturated rings. The number of nitrogens with one attached hydrogen (secondary N) is 1. The topological polar surface area (TPSA) is 84.1 Å². The zero-order valence-corrected chi connectivity index (χ0v) is 17.4. The maximum atomic E-state index is 12.9. The molecule has 0 unspecified atom stereocenters. The maximum absolute atomic E-state index is 12.9. The van der Waals surface area contributed by atoms with Crippen LogP contribution >= 0.6 is 23.5 Å². The smallest absolute Gasteiger partial charge is 0.246 e. The lowest BCUT2D eigenvalue weighted by Gasteiger charge is -2.19. The van der Waals surface area contributed by atoms with Gasteiger partial charge in [0.15, 0.2) is 0 Å². The van der Waals surface area contributed by atoms with E-state index in [2.05, 4.69) is 14.7 Å². The minimum absolute atomic E-state index is 0.0504. The molecule has 144 valence electrons. The molecule has 2 heterocycles. The molecule has 0 radical (unpaired) electrons. The van der Waals surface area contributed by atoms with Crippen molar-refractivity contribution in [1.82, 2.24) is 9.36 Å². The van der Waals surface area contributed by atoms with E-state index in [9.17, 15) is 4.79 Å². The van der Waals surface area contributed by atoms with Crippen molar-refractivity contribution in [3.63, 3.8) is 0 Å². The molecule has 2 aromatic carbocycles. The van der Waals surface area contributed by atoms with Gasteiger partial charge in [-0.1, -0.05) is 18.2 Å². The number of fused-ring (bicyclic) bond motifs is 1. The Morgan fingerprint density at radius 2 is 2.18 bits per heavy atom. The molecule has 6 nitrogen and oxygen atoms in total. The number of amides is 1. The molecule has 0 saturated carbocycles. The first-order valence-corrected chi connectivity index (χ1v) is 10.7. The van der Waals surface area contributed by atoms with Gasteiger partial charge in [-0.15, -0.1) is 0 Å². The number of aryl methyl sites for hydroxylation is 2. The number of aromatic nitrogens is 2. The number of hydrogen-bond acceptors (Lipinski definition) is 7. The summed E-state index contributed by atoms with van der Waals surface area (Å²) in [6, 6.07) is 12.0. The van der Waals surface area contributed by atoms with Gasteiger partial charge in [0, 0.05) is 28.4 Å². The summed E-state index contributed by atoms with van der Waals surface area (Å²) < 4.78 is 4.25. The Kier molecular flexibility index (Phi) is 5.34. The number of carbonyl (C=O) groups excluding carboxylic acids is 1. The summed E-state index contributed by atoms with van der Waals surface area (Å²) in [5.74, 6) is 0.822. The van der Waals surface area contributed by atoms with Crippen LogP contribution in [0.15, 0.2) is 41.3 Å². The van der Waals surface area contributed by atoms with E-state index in [1.165, 1.54) is 23.5 Å². The molecule has 3 N–H and O–H groups in total. The summed E-state index contributed by atoms with van der Waals surface area (Å²) in [6.07, 6.45) is 0.840. The average molecular weight is 412 g/mol. The minimum atomic E-state index is 0.0504. The van der Waals surface area contributed by atoms with Crippen molar-refractivity contribution < 1.29 is 4.79 Å². The predicted molar refractivity (Wildman–Crippen MR) is 116 cm³/mol. The number of anilines is 2. The van der Waals surface area contributed by atoms with E-state index in [4.69, 9.17) is 5.14 Å². The van der Waals surface area contributed by atoms with Crippen molar-refractivity contribution in [3.05, 3.63) is 53.3 Å². The van der Waals surface area contributed by atoms with Crippen molar-refractivity contribution in [2.45, 2.75) is 25.2 Å². The Bertz CT molecular complexity index is 1030. The van der Waals surface area contributed by atoms with Crippen LogP contribution in [0.4, 0.5) is 11.4 Å². The average Bonchev–Trinajstić information content (AvgIpc) is 3.33. The Labute approximate surface area is 172 Å². The summed E-state index contributed by atoms with van der Waals surface area (Å²) in [5.41, 5.74) is 5.15. The van der Waals surface area contributed by atoms with E-state index in [0.717, 1.165) is 50.2 Å². The summed E-state index contributed by atoms with van der Waals surface area (Å²) >= 11 is 2.62. The van der Waals surface area contributed by atoms with Gasteiger partial charge in [-0.2, -0.15) is 4.37 Å². The van der Waals surface area contributed by atoms with E-state index in [0.29, 0.717) is 6.54 Å². The van der Waals surface area contributed by atoms with Crippen molar-refractivity contribution in [3.8, 4) is 10.6 Å². The van der Waals surface area contributed by atoms with E-state index in [1.54, 1.807) is 0 Å². The quantitative estimate of drug-likeness (QED) is 0.622. The highest BCUT2D eigenvalue weighted by Gasteiger charge is 2.26. The minimum Gasteiger partial charge on any atom is -0.376 e. The first kappa shape index (κ1) is 18.9. The van der Waals surface area contributed by atoms with Crippen molar-refractivity contribution in [2.75, 3.05) is 23.3 Å². The van der Waals surface area contributed by atoms with Crippen molar-refractivity contribution in [1.29, 1.82) is 0 Å². The van der Waals surface area contributed by atoms with Gasteiger partial charge in [0.05, 0.1) is 6.54 Å². The molecule has 3 aromatic rings. The molecule has 0 bridgehead atoms. The molecule has 0 aliphatic carbocycles. The number of nitrogens with zero attached hydrogens (tertiary/aromatic N) is 3. The van der Waals surface area contributed by atoms with E-state index >= 15 is 0 Å². The summed E-state index contributed by atoms with van der Waals surface area (Å²) in [5, 5.41) is 9.93. The van der Waals surface area contributed by atoms with Crippen LogP contribution < -0.4 is 15.4 Å². The summed E-state index contributed by atoms with van der Waals surface area (Å²) in [4.78, 5) is 20.2. The van der Waals surface area contributed by atoms with Crippen LogP contribution in [0.5, 0.6) is 0 Å². The van der Waals surface area contributed by atoms with Gasteiger partial charge in [-0.25, -0.2) is 4.98 Å². The molecule has 28 heavy (non-hydrogen) atoms. The lowest BCUT2D eigenvalue weighted by atomic mass is 10.1. The Hall–Kier alpha value is -2.42. The molecular weight excluding hydrogens is 390 g/mol. The first-order chi connectivity index (χ1) is 13.6. The van der Waals surface area contributed by atoms with Gasteiger partial charge >= 0.3 is 0 Å². The molecule has 1 aliphatic rings. The Morgan fingerprint density at radius 1 is 1.32 bits per heavy atom. The van der Waals surface area contributed by atoms with Crippen LogP contribution in [0.2, 0.25) is 0 Å². The fourth-order valence-corrected chi connectivity index (χ4v) is 4.57. The molecule has 1 aliphatic heterocycles. The van der Waals surface area contributed by atoms with Gasteiger partial charge in [0.1, 0.15) is 10.8 Å². The predicted octanol–water partition coefficient (Wildman–Crippen LogP) is 3.79. The second-order valence-electron chi connectivity index (χ2n) is 6.70. The monoisotopic (exact) mass is 411 g/mol. The highest BCUT2D eigenvalue weighted by Crippen LogP contribution is 2.34. The molecule has 4 rings (SSSR count). The van der Waals surface area contributed by atoms with E-state index in [1.807, 2.05) is 55.1 Å². The highest BCUT2D eigenvalue weighted by molar-refractivity contribution is 7.97. The van der Waals surface area contributed by atoms with Gasteiger partial charge in [-0.05, 0) is 73.1 Å². The largest absolute Gasteiger partial charge is 0.376 e. The number of nitrogens with two attached hydrogens (primary N) is 1. The van der Waals surface area contributed by atoms with Crippen molar-refractivity contribution >= 4 is 40.8 Å². The lowest BCUT2D eigenvalue weighted by Crippen LogP contribution is -2.34. The Balaban J connectivity index is 1.49. The fraction of sp³-hybridized carbons (Fsp3) is 0.250. The van der Waals surface area contributed by atoms with Gasteiger partial charge in [0.25, 0.3) is 0 Å². The number of benzene rings is 2. The van der Waals surface area contributed by atoms with Crippen LogP contribution in [0, 0.1) is 13.8 Å². The molecular formula is C20H21N5OS2. The van der Waals surface area contributed by atoms with Gasteiger partial charge in [0.2, 0.25) is 5.91 Å². The lowest BCUT2D eigenvalue weighted by molar-refractivity contribution is -0.116. The molecule has 0 spiro atoms. The number of hydrogen-bond donors (Lipinski definition) is 2. The molecule has 1 amide bonds. The van der Waals surface area contributed by atoms with E-state index in [-0.39, 0.29) is 12.5 Å².